The first-order valence-corrected chi connectivity index (χ1v) is 10.5. The van der Waals surface area contributed by atoms with Crippen LogP contribution in [-0.4, -0.2) is 41.8 Å². The third-order valence-corrected chi connectivity index (χ3v) is 5.66. The van der Waals surface area contributed by atoms with Gasteiger partial charge in [-0.05, 0) is 36.9 Å². The van der Waals surface area contributed by atoms with Gasteiger partial charge in [0.25, 0.3) is 5.91 Å². The van der Waals surface area contributed by atoms with Gasteiger partial charge in [0.15, 0.2) is 0 Å². The van der Waals surface area contributed by atoms with Crippen LogP contribution in [0.25, 0.3) is 10.8 Å². The van der Waals surface area contributed by atoms with Crippen LogP contribution >= 0.6 is 0 Å². The predicted molar refractivity (Wildman–Crippen MR) is 121 cm³/mol. The molecule has 4 rings (SSSR count). The van der Waals surface area contributed by atoms with E-state index in [1.54, 1.807) is 13.0 Å². The smallest absolute Gasteiger partial charge is 0.259 e. The van der Waals surface area contributed by atoms with E-state index < -0.39 is 6.04 Å². The fourth-order valence-corrected chi connectivity index (χ4v) is 4.05. The Hall–Kier alpha value is -3.67. The molecule has 0 bridgehead atoms. The van der Waals surface area contributed by atoms with Crippen LogP contribution in [0.5, 0.6) is 0 Å². The highest BCUT2D eigenvalue weighted by Crippen LogP contribution is 2.37. The van der Waals surface area contributed by atoms with E-state index in [4.69, 9.17) is 0 Å². The number of likely N-dealkylation sites (N-methyl/N-ethyl adjacent to an activating group) is 1. The SMILES string of the molecule is CCNC(=O)[C@@H](C)N(Cc1ccccc1)C(=O)CN1C(=O)c2cccc3cccc1c23. The molecule has 0 saturated carbocycles. The van der Waals surface area contributed by atoms with Crippen LogP contribution in [0.2, 0.25) is 0 Å². The maximum absolute atomic E-state index is 13.4. The summed E-state index contributed by atoms with van der Waals surface area (Å²) in [5.74, 6) is -0.684. The summed E-state index contributed by atoms with van der Waals surface area (Å²) < 4.78 is 0. The minimum absolute atomic E-state index is 0.122. The average Bonchev–Trinajstić information content (AvgIpc) is 3.06. The van der Waals surface area contributed by atoms with E-state index in [0.717, 1.165) is 22.0 Å². The number of rotatable bonds is 7. The second kappa shape index (κ2) is 8.60. The zero-order valence-corrected chi connectivity index (χ0v) is 17.7. The summed E-state index contributed by atoms with van der Waals surface area (Å²) in [4.78, 5) is 42.1. The Morgan fingerprint density at radius 1 is 1.00 bits per heavy atom. The van der Waals surface area contributed by atoms with Crippen LogP contribution in [0.4, 0.5) is 5.69 Å². The van der Waals surface area contributed by atoms with E-state index in [1.165, 1.54) is 9.80 Å². The fraction of sp³-hybridized carbons (Fsp3) is 0.240. The molecule has 158 valence electrons. The zero-order valence-electron chi connectivity index (χ0n) is 17.7. The molecule has 3 amide bonds. The van der Waals surface area contributed by atoms with Gasteiger partial charge >= 0.3 is 0 Å². The van der Waals surface area contributed by atoms with Gasteiger partial charge in [0.2, 0.25) is 11.8 Å². The van der Waals surface area contributed by atoms with Gasteiger partial charge in [-0.2, -0.15) is 0 Å². The fourth-order valence-electron chi connectivity index (χ4n) is 4.05. The lowest BCUT2D eigenvalue weighted by Gasteiger charge is -2.30. The zero-order chi connectivity index (χ0) is 22.0. The summed E-state index contributed by atoms with van der Waals surface area (Å²) >= 11 is 0. The highest BCUT2D eigenvalue weighted by molar-refractivity contribution is 6.26. The van der Waals surface area contributed by atoms with Crippen molar-refractivity contribution in [2.24, 2.45) is 0 Å². The predicted octanol–water partition coefficient (Wildman–Crippen LogP) is 3.35. The number of anilines is 1. The average molecular weight is 415 g/mol. The number of nitrogens with zero attached hydrogens (tertiary/aromatic N) is 2. The van der Waals surface area contributed by atoms with Gasteiger partial charge < -0.3 is 10.2 Å². The lowest BCUT2D eigenvalue weighted by atomic mass is 10.1. The highest BCUT2D eigenvalue weighted by atomic mass is 16.2. The Kier molecular flexibility index (Phi) is 5.71. The van der Waals surface area contributed by atoms with Gasteiger partial charge in [-0.25, -0.2) is 0 Å². The molecule has 1 N–H and O–H groups in total. The summed E-state index contributed by atoms with van der Waals surface area (Å²) in [6.45, 7) is 4.21. The number of carbonyl (C=O) groups excluding carboxylic acids is 3. The van der Waals surface area contributed by atoms with E-state index in [9.17, 15) is 14.4 Å². The third kappa shape index (κ3) is 3.89. The van der Waals surface area contributed by atoms with E-state index in [2.05, 4.69) is 5.32 Å². The molecule has 0 fully saturated rings. The number of hydrogen-bond acceptors (Lipinski definition) is 3. The van der Waals surface area contributed by atoms with Gasteiger partial charge in [-0.3, -0.25) is 19.3 Å². The van der Waals surface area contributed by atoms with E-state index in [1.807, 2.05) is 67.6 Å². The summed E-state index contributed by atoms with van der Waals surface area (Å²) in [6, 6.07) is 20.2. The molecule has 1 aliphatic heterocycles. The molecule has 1 heterocycles. The maximum atomic E-state index is 13.4. The Balaban J connectivity index is 1.62. The summed E-state index contributed by atoms with van der Waals surface area (Å²) in [5, 5.41) is 4.62. The van der Waals surface area contributed by atoms with Crippen LogP contribution < -0.4 is 10.2 Å². The number of nitrogens with one attached hydrogen (secondary N) is 1. The van der Waals surface area contributed by atoms with Crippen molar-refractivity contribution in [2.45, 2.75) is 26.4 Å². The Morgan fingerprint density at radius 2 is 1.71 bits per heavy atom. The van der Waals surface area contributed by atoms with Crippen molar-refractivity contribution in [3.63, 3.8) is 0 Å². The second-order valence-corrected chi connectivity index (χ2v) is 7.65. The first-order valence-electron chi connectivity index (χ1n) is 10.5. The summed E-state index contributed by atoms with van der Waals surface area (Å²) in [7, 11) is 0. The monoisotopic (exact) mass is 415 g/mol. The molecule has 1 aliphatic rings. The van der Waals surface area contributed by atoms with Crippen LogP contribution in [0, 0.1) is 0 Å². The molecular weight excluding hydrogens is 390 g/mol. The third-order valence-electron chi connectivity index (χ3n) is 5.66. The van der Waals surface area contributed by atoms with Crippen molar-refractivity contribution < 1.29 is 14.4 Å². The minimum Gasteiger partial charge on any atom is -0.355 e. The van der Waals surface area contributed by atoms with E-state index in [-0.39, 0.29) is 30.8 Å². The van der Waals surface area contributed by atoms with Gasteiger partial charge in [-0.15, -0.1) is 0 Å². The molecule has 31 heavy (non-hydrogen) atoms. The number of amides is 3. The quantitative estimate of drug-likeness (QED) is 0.643. The summed E-state index contributed by atoms with van der Waals surface area (Å²) in [6.07, 6.45) is 0. The molecule has 0 unspecified atom stereocenters. The second-order valence-electron chi connectivity index (χ2n) is 7.65. The van der Waals surface area contributed by atoms with Crippen molar-refractivity contribution in [3.05, 3.63) is 77.9 Å². The standard InChI is InChI=1S/C25H25N3O3/c1-3-26-24(30)17(2)27(15-18-9-5-4-6-10-18)22(29)16-28-21-14-8-12-19-11-7-13-20(23(19)21)25(28)31/h4-14,17H,3,15-16H2,1-2H3,(H,26,30)/t17-/m1/s1. The summed E-state index contributed by atoms with van der Waals surface area (Å²) in [5.41, 5.74) is 2.26. The molecule has 6 heteroatoms. The number of benzene rings is 3. The minimum atomic E-state index is -0.663. The molecule has 0 aromatic heterocycles. The lowest BCUT2D eigenvalue weighted by molar-refractivity contribution is -0.139. The maximum Gasteiger partial charge on any atom is 0.259 e. The molecule has 1 atom stereocenters. The molecule has 0 radical (unpaired) electrons. The highest BCUT2D eigenvalue weighted by Gasteiger charge is 2.34. The first kappa shape index (κ1) is 20.6. The van der Waals surface area contributed by atoms with Crippen molar-refractivity contribution >= 4 is 34.2 Å². The Bertz CT molecular complexity index is 1140. The van der Waals surface area contributed by atoms with Gasteiger partial charge in [0, 0.05) is 24.0 Å². The van der Waals surface area contributed by atoms with Crippen molar-refractivity contribution in [1.29, 1.82) is 0 Å². The van der Waals surface area contributed by atoms with Crippen molar-refractivity contribution in [2.75, 3.05) is 18.0 Å². The van der Waals surface area contributed by atoms with Gasteiger partial charge in [0.1, 0.15) is 12.6 Å². The molecular formula is C25H25N3O3. The first-order chi connectivity index (χ1) is 15.0. The van der Waals surface area contributed by atoms with Crippen LogP contribution in [0.3, 0.4) is 0 Å². The molecule has 3 aromatic rings. The number of hydrogen-bond donors (Lipinski definition) is 1. The molecule has 6 nitrogen and oxygen atoms in total. The van der Waals surface area contributed by atoms with Crippen LogP contribution in [-0.2, 0) is 16.1 Å². The van der Waals surface area contributed by atoms with Crippen LogP contribution in [0.1, 0.15) is 29.8 Å². The van der Waals surface area contributed by atoms with Gasteiger partial charge in [0.05, 0.1) is 5.69 Å². The van der Waals surface area contributed by atoms with E-state index >= 15 is 0 Å². The molecule has 0 saturated heterocycles. The largest absolute Gasteiger partial charge is 0.355 e. The molecule has 3 aromatic carbocycles. The van der Waals surface area contributed by atoms with Gasteiger partial charge in [-0.1, -0.05) is 54.6 Å². The lowest BCUT2D eigenvalue weighted by Crippen LogP contribution is -2.50. The number of carbonyl (C=O) groups is 3. The molecule has 0 spiro atoms. The topological polar surface area (TPSA) is 69.7 Å². The van der Waals surface area contributed by atoms with Crippen molar-refractivity contribution in [3.8, 4) is 0 Å². The molecule has 0 aliphatic carbocycles. The Morgan fingerprint density at radius 3 is 2.42 bits per heavy atom. The van der Waals surface area contributed by atoms with Crippen LogP contribution in [0.15, 0.2) is 66.7 Å². The van der Waals surface area contributed by atoms with Crippen molar-refractivity contribution in [1.82, 2.24) is 10.2 Å². The normalized spacial score (nSPS) is 13.4. The van der Waals surface area contributed by atoms with E-state index in [0.29, 0.717) is 12.1 Å². The Labute approximate surface area is 181 Å².